The average Bonchev–Trinajstić information content (AvgIpc) is 2.84. The highest BCUT2D eigenvalue weighted by atomic mass is 32.2. The van der Waals surface area contributed by atoms with Gasteiger partial charge in [-0.15, -0.1) is 0 Å². The first-order chi connectivity index (χ1) is 10.1. The Bertz CT molecular complexity index is 639. The SMILES string of the molecule is Oc1cc(F)ccc1/C=C1\SC(N2CCCCN2)=NC1=S. The molecule has 0 aromatic heterocycles. The molecule has 1 fully saturated rings. The Morgan fingerprint density at radius 3 is 3.00 bits per heavy atom. The molecule has 4 nitrogen and oxygen atoms in total. The van der Waals surface area contributed by atoms with Gasteiger partial charge in [-0.05, 0) is 42.8 Å². The fourth-order valence-corrected chi connectivity index (χ4v) is 3.39. The van der Waals surface area contributed by atoms with Gasteiger partial charge in [0, 0.05) is 24.7 Å². The minimum Gasteiger partial charge on any atom is -0.507 e. The number of phenolic OH excluding ortho intramolecular Hbond substituents is 1. The van der Waals surface area contributed by atoms with E-state index in [2.05, 4.69) is 10.4 Å². The molecule has 2 heterocycles. The van der Waals surface area contributed by atoms with Crippen LogP contribution in [0.3, 0.4) is 0 Å². The largest absolute Gasteiger partial charge is 0.507 e. The zero-order chi connectivity index (χ0) is 14.8. The molecule has 0 bridgehead atoms. The van der Waals surface area contributed by atoms with Crippen LogP contribution in [0.4, 0.5) is 4.39 Å². The van der Waals surface area contributed by atoms with Crippen molar-refractivity contribution in [1.29, 1.82) is 0 Å². The van der Waals surface area contributed by atoms with E-state index >= 15 is 0 Å². The maximum absolute atomic E-state index is 13.0. The number of aliphatic imine (C=N–C) groups is 1. The van der Waals surface area contributed by atoms with Gasteiger partial charge in [0.2, 0.25) is 0 Å². The van der Waals surface area contributed by atoms with Crippen LogP contribution in [0.15, 0.2) is 28.1 Å². The Hall–Kier alpha value is -1.44. The average molecular weight is 323 g/mol. The number of benzene rings is 1. The number of hydrazine groups is 1. The van der Waals surface area contributed by atoms with E-state index < -0.39 is 5.82 Å². The van der Waals surface area contributed by atoms with Crippen molar-refractivity contribution in [2.24, 2.45) is 4.99 Å². The molecule has 1 saturated heterocycles. The molecule has 1 aromatic carbocycles. The summed E-state index contributed by atoms with van der Waals surface area (Å²) in [7, 11) is 0. The maximum atomic E-state index is 13.0. The van der Waals surface area contributed by atoms with Crippen molar-refractivity contribution in [2.75, 3.05) is 13.1 Å². The van der Waals surface area contributed by atoms with Crippen molar-refractivity contribution in [1.82, 2.24) is 10.4 Å². The third-order valence-electron chi connectivity index (χ3n) is 3.23. The first-order valence-electron chi connectivity index (χ1n) is 6.65. The summed E-state index contributed by atoms with van der Waals surface area (Å²) in [5.74, 6) is -0.568. The molecule has 2 aliphatic rings. The van der Waals surface area contributed by atoms with Crippen LogP contribution in [-0.4, -0.2) is 33.4 Å². The van der Waals surface area contributed by atoms with Gasteiger partial charge in [-0.2, -0.15) is 0 Å². The van der Waals surface area contributed by atoms with Crippen LogP contribution in [0.1, 0.15) is 18.4 Å². The van der Waals surface area contributed by atoms with Gasteiger partial charge in [-0.3, -0.25) is 5.01 Å². The van der Waals surface area contributed by atoms with Crippen LogP contribution in [0, 0.1) is 5.82 Å². The summed E-state index contributed by atoms with van der Waals surface area (Å²) in [5, 5.41) is 12.6. The van der Waals surface area contributed by atoms with Gasteiger partial charge in [0.15, 0.2) is 5.17 Å². The minimum absolute atomic E-state index is 0.101. The molecule has 0 atom stereocenters. The van der Waals surface area contributed by atoms with Crippen molar-refractivity contribution < 1.29 is 9.50 Å². The lowest BCUT2D eigenvalue weighted by atomic mass is 10.2. The second-order valence-electron chi connectivity index (χ2n) is 4.78. The molecule has 2 aliphatic heterocycles. The molecular weight excluding hydrogens is 309 g/mol. The van der Waals surface area contributed by atoms with Gasteiger partial charge in [0.25, 0.3) is 0 Å². The summed E-state index contributed by atoms with van der Waals surface area (Å²) in [6.07, 6.45) is 4.02. The van der Waals surface area contributed by atoms with E-state index in [1.807, 2.05) is 5.01 Å². The summed E-state index contributed by atoms with van der Waals surface area (Å²) < 4.78 is 13.0. The van der Waals surface area contributed by atoms with E-state index in [0.717, 1.165) is 42.1 Å². The summed E-state index contributed by atoms with van der Waals surface area (Å²) >= 11 is 6.73. The lowest BCUT2D eigenvalue weighted by Gasteiger charge is -2.28. The number of nitrogens with one attached hydrogen (secondary N) is 1. The summed E-state index contributed by atoms with van der Waals surface area (Å²) in [5.41, 5.74) is 3.81. The highest BCUT2D eigenvalue weighted by Gasteiger charge is 2.24. The summed E-state index contributed by atoms with van der Waals surface area (Å²) in [6.45, 7) is 1.84. The van der Waals surface area contributed by atoms with E-state index in [1.54, 1.807) is 6.08 Å². The lowest BCUT2D eigenvalue weighted by Crippen LogP contribution is -2.45. The number of thiocarbonyl (C=S) groups is 1. The third-order valence-corrected chi connectivity index (χ3v) is 4.70. The van der Waals surface area contributed by atoms with Gasteiger partial charge in [-0.25, -0.2) is 14.8 Å². The zero-order valence-electron chi connectivity index (χ0n) is 11.2. The Kier molecular flexibility index (Phi) is 4.23. The van der Waals surface area contributed by atoms with Gasteiger partial charge < -0.3 is 5.11 Å². The molecule has 0 saturated carbocycles. The van der Waals surface area contributed by atoms with E-state index in [0.29, 0.717) is 10.6 Å². The van der Waals surface area contributed by atoms with Gasteiger partial charge >= 0.3 is 0 Å². The fourth-order valence-electron chi connectivity index (χ4n) is 2.14. The number of aromatic hydroxyl groups is 1. The molecule has 7 heteroatoms. The Morgan fingerprint density at radius 2 is 2.29 bits per heavy atom. The number of rotatable bonds is 1. The molecule has 0 aliphatic carbocycles. The third kappa shape index (κ3) is 3.25. The quantitative estimate of drug-likeness (QED) is 0.615. The van der Waals surface area contributed by atoms with Crippen molar-refractivity contribution in [2.45, 2.75) is 12.8 Å². The molecule has 1 aromatic rings. The minimum atomic E-state index is -0.467. The van der Waals surface area contributed by atoms with Crippen LogP contribution < -0.4 is 5.43 Å². The summed E-state index contributed by atoms with van der Waals surface area (Å²) in [4.78, 5) is 5.67. The van der Waals surface area contributed by atoms with E-state index in [1.165, 1.54) is 23.9 Å². The van der Waals surface area contributed by atoms with Crippen LogP contribution in [0.5, 0.6) is 5.75 Å². The molecule has 0 spiro atoms. The fraction of sp³-hybridized carbons (Fsp3) is 0.286. The second kappa shape index (κ2) is 6.13. The van der Waals surface area contributed by atoms with Crippen molar-refractivity contribution in [3.05, 3.63) is 34.5 Å². The highest BCUT2D eigenvalue weighted by molar-refractivity contribution is 8.19. The molecule has 21 heavy (non-hydrogen) atoms. The second-order valence-corrected chi connectivity index (χ2v) is 6.18. The molecule has 2 N–H and O–H groups in total. The Morgan fingerprint density at radius 1 is 1.43 bits per heavy atom. The predicted octanol–water partition coefficient (Wildman–Crippen LogP) is 2.90. The van der Waals surface area contributed by atoms with Crippen LogP contribution >= 0.6 is 24.0 Å². The number of amidine groups is 1. The Balaban J connectivity index is 1.79. The monoisotopic (exact) mass is 323 g/mol. The number of hydrogen-bond donors (Lipinski definition) is 2. The smallest absolute Gasteiger partial charge is 0.184 e. The van der Waals surface area contributed by atoms with Crippen molar-refractivity contribution in [3.8, 4) is 5.75 Å². The molecular formula is C14H14FN3OS2. The first kappa shape index (κ1) is 14.5. The number of hydrogen-bond acceptors (Lipinski definition) is 5. The summed E-state index contributed by atoms with van der Waals surface area (Å²) in [6, 6.07) is 3.92. The molecule has 3 rings (SSSR count). The number of thioether (sulfide) groups is 1. The van der Waals surface area contributed by atoms with Crippen LogP contribution in [0.25, 0.3) is 6.08 Å². The zero-order valence-corrected chi connectivity index (χ0v) is 12.8. The van der Waals surface area contributed by atoms with Crippen LogP contribution in [-0.2, 0) is 0 Å². The van der Waals surface area contributed by atoms with E-state index in [-0.39, 0.29) is 5.75 Å². The van der Waals surface area contributed by atoms with Gasteiger partial charge in [-0.1, -0.05) is 12.2 Å². The topological polar surface area (TPSA) is 47.9 Å². The highest BCUT2D eigenvalue weighted by Crippen LogP contribution is 2.33. The van der Waals surface area contributed by atoms with Crippen molar-refractivity contribution >= 4 is 40.2 Å². The molecule has 0 amide bonds. The number of nitrogens with zero attached hydrogens (tertiary/aromatic N) is 2. The van der Waals surface area contributed by atoms with Gasteiger partial charge in [0.1, 0.15) is 16.6 Å². The van der Waals surface area contributed by atoms with E-state index in [4.69, 9.17) is 12.2 Å². The lowest BCUT2D eigenvalue weighted by molar-refractivity contribution is 0.262. The standard InChI is InChI=1S/C14H14FN3OS2/c15-10-4-3-9(11(19)8-10)7-12-13(20)17-14(21-12)18-6-2-1-5-16-18/h3-4,7-8,16,19H,1-2,5-6H2/b12-7-. The van der Waals surface area contributed by atoms with Gasteiger partial charge in [0.05, 0.1) is 4.91 Å². The maximum Gasteiger partial charge on any atom is 0.184 e. The molecule has 110 valence electrons. The predicted molar refractivity (Wildman–Crippen MR) is 87.6 cm³/mol. The normalized spacial score (nSPS) is 21.0. The van der Waals surface area contributed by atoms with E-state index in [9.17, 15) is 9.50 Å². The molecule has 0 radical (unpaired) electrons. The van der Waals surface area contributed by atoms with Crippen LogP contribution in [0.2, 0.25) is 0 Å². The first-order valence-corrected chi connectivity index (χ1v) is 7.88. The number of halogens is 1. The Labute approximate surface area is 131 Å². The molecule has 0 unspecified atom stereocenters. The number of phenols is 1. The van der Waals surface area contributed by atoms with Crippen molar-refractivity contribution in [3.63, 3.8) is 0 Å².